The molecule has 5 saturated carbocycles. The van der Waals surface area contributed by atoms with Crippen molar-refractivity contribution in [3.8, 4) is 11.5 Å². The van der Waals surface area contributed by atoms with Gasteiger partial charge in [0.2, 0.25) is 0 Å². The van der Waals surface area contributed by atoms with Gasteiger partial charge < -0.3 is 20.4 Å². The van der Waals surface area contributed by atoms with E-state index in [1.807, 2.05) is 60.6 Å². The van der Waals surface area contributed by atoms with Crippen LogP contribution in [0, 0.1) is 33.5 Å². The van der Waals surface area contributed by atoms with Crippen molar-refractivity contribution in [2.24, 2.45) is 33.5 Å². The van der Waals surface area contributed by atoms with Crippen LogP contribution in [0.5, 0.6) is 11.5 Å². The minimum atomic E-state index is -2.17. The first-order chi connectivity index (χ1) is 20.8. The van der Waals surface area contributed by atoms with Crippen LogP contribution in [0.3, 0.4) is 0 Å². The van der Waals surface area contributed by atoms with Gasteiger partial charge in [0.25, 0.3) is 0 Å². The van der Waals surface area contributed by atoms with Crippen molar-refractivity contribution < 1.29 is 34.8 Å². The molecule has 0 unspecified atom stereocenters. The molecule has 0 aliphatic heterocycles. The second kappa shape index (κ2) is 10.5. The Hall–Kier alpha value is -3.03. The lowest BCUT2D eigenvalue weighted by atomic mass is 9.32. The number of rotatable bonds is 8. The molecule has 5 aliphatic carbocycles. The predicted molar refractivity (Wildman–Crippen MR) is 173 cm³/mol. The molecule has 7 heteroatoms. The molecule has 5 aliphatic rings. The Labute approximate surface area is 267 Å². The van der Waals surface area contributed by atoms with E-state index in [4.69, 9.17) is 0 Å². The Bertz CT molecular complexity index is 1550. The largest absolute Gasteiger partial charge is 0.504 e. The molecule has 5 bridgehead atoms. The van der Waals surface area contributed by atoms with Crippen LogP contribution >= 0.6 is 0 Å². The maximum Gasteiger partial charge on any atom is 0.179 e. The highest BCUT2D eigenvalue weighted by molar-refractivity contribution is 6.27. The van der Waals surface area contributed by atoms with Gasteiger partial charge >= 0.3 is 0 Å². The molecule has 1 aromatic rings. The number of phenols is 2. The highest BCUT2D eigenvalue weighted by Gasteiger charge is 2.92. The standard InChI is InChI=1S/C38H50O7/c1-22(2)9-12-26-18-36-19-27(13-10-23(3)4)34(8,44)21-37(30(41)25-11-14-28(39)29(40)17-25)32(43)35(31(36)42,16-15-24(5)6)20-33(26,7)38(36,37)45/h9-11,14-15,17,26-27,39-40,44-45H,12-13,16,18-21H2,1-8H3/t26-,27+,33-,34-,35-,36-,37-,38-/m0/s1. The summed E-state index contributed by atoms with van der Waals surface area (Å²) < 4.78 is 0. The smallest absolute Gasteiger partial charge is 0.179 e. The zero-order valence-corrected chi connectivity index (χ0v) is 28.1. The summed E-state index contributed by atoms with van der Waals surface area (Å²) in [7, 11) is 0. The van der Waals surface area contributed by atoms with Crippen molar-refractivity contribution in [1.29, 1.82) is 0 Å². The monoisotopic (exact) mass is 618 g/mol. The van der Waals surface area contributed by atoms with Gasteiger partial charge in [-0.25, -0.2) is 0 Å². The minimum absolute atomic E-state index is 0.0537. The summed E-state index contributed by atoms with van der Waals surface area (Å²) >= 11 is 0. The lowest BCUT2D eigenvalue weighted by Gasteiger charge is -2.69. The van der Waals surface area contributed by atoms with Crippen LogP contribution in [-0.4, -0.2) is 49.0 Å². The zero-order chi connectivity index (χ0) is 33.5. The number of allylic oxidation sites excluding steroid dienone is 6. The van der Waals surface area contributed by atoms with E-state index in [0.29, 0.717) is 19.3 Å². The van der Waals surface area contributed by atoms with Gasteiger partial charge in [-0.3, -0.25) is 14.4 Å². The Morgan fingerprint density at radius 1 is 0.800 bits per heavy atom. The first-order valence-electron chi connectivity index (χ1n) is 16.3. The van der Waals surface area contributed by atoms with E-state index in [0.717, 1.165) is 22.8 Å². The molecule has 0 aromatic heterocycles. The van der Waals surface area contributed by atoms with Gasteiger partial charge in [-0.05, 0) is 123 Å². The second-order valence-corrected chi connectivity index (χ2v) is 15.9. The van der Waals surface area contributed by atoms with Crippen molar-refractivity contribution in [3.63, 3.8) is 0 Å². The molecule has 6 rings (SSSR count). The number of Topliss-reactive ketones (excluding diaryl/α,β-unsaturated/α-hetero) is 3. The molecule has 1 aromatic carbocycles. The van der Waals surface area contributed by atoms with Gasteiger partial charge in [-0.1, -0.05) is 41.9 Å². The normalized spacial score (nSPS) is 39.7. The minimum Gasteiger partial charge on any atom is -0.504 e. The summed E-state index contributed by atoms with van der Waals surface area (Å²) in [6.45, 7) is 15.3. The van der Waals surface area contributed by atoms with Crippen molar-refractivity contribution in [2.45, 2.75) is 112 Å². The number of hydrogen-bond acceptors (Lipinski definition) is 7. The van der Waals surface area contributed by atoms with Crippen LogP contribution in [0.1, 0.15) is 111 Å². The van der Waals surface area contributed by atoms with Crippen molar-refractivity contribution in [2.75, 3.05) is 0 Å². The molecule has 244 valence electrons. The molecule has 0 spiro atoms. The second-order valence-electron chi connectivity index (χ2n) is 15.9. The predicted octanol–water partition coefficient (Wildman–Crippen LogP) is 6.78. The first-order valence-corrected chi connectivity index (χ1v) is 16.3. The summed E-state index contributed by atoms with van der Waals surface area (Å²) in [6, 6.07) is 3.65. The molecule has 4 N–H and O–H groups in total. The number of hydrogen-bond donors (Lipinski definition) is 4. The third-order valence-electron chi connectivity index (χ3n) is 12.2. The van der Waals surface area contributed by atoms with E-state index in [1.165, 1.54) is 12.1 Å². The Balaban J connectivity index is 1.91. The average molecular weight is 619 g/mol. The van der Waals surface area contributed by atoms with E-state index in [-0.39, 0.29) is 42.9 Å². The molecule has 0 radical (unpaired) electrons. The zero-order valence-electron chi connectivity index (χ0n) is 28.1. The van der Waals surface area contributed by atoms with Crippen molar-refractivity contribution in [1.82, 2.24) is 0 Å². The fourth-order valence-corrected chi connectivity index (χ4v) is 10.2. The van der Waals surface area contributed by atoms with Gasteiger partial charge in [0, 0.05) is 11.0 Å². The first kappa shape index (κ1) is 33.3. The van der Waals surface area contributed by atoms with Crippen LogP contribution in [0.2, 0.25) is 0 Å². The lowest BCUT2D eigenvalue weighted by Crippen LogP contribution is -2.83. The fourth-order valence-electron chi connectivity index (χ4n) is 10.2. The highest BCUT2D eigenvalue weighted by Crippen LogP contribution is 2.83. The van der Waals surface area contributed by atoms with Crippen molar-refractivity contribution in [3.05, 3.63) is 58.7 Å². The quantitative estimate of drug-likeness (QED) is 0.109. The SMILES string of the molecule is CC(C)=CC[C@@H]1C[C@@]23C[C@H](CC=C(C)C)[C@]4(C)C[C@@](CC=C(C)C)(C2=O)C(=O)[C@@](C(=O)c2ccc(O)c(O)c2)(C[C@]1(C)O)[C@@]34O. The summed E-state index contributed by atoms with van der Waals surface area (Å²) in [5.41, 5.74) is -6.87. The van der Waals surface area contributed by atoms with E-state index in [9.17, 15) is 20.4 Å². The summed E-state index contributed by atoms with van der Waals surface area (Å²) in [5, 5.41) is 46.6. The van der Waals surface area contributed by atoms with Crippen LogP contribution in [0.15, 0.2) is 53.1 Å². The number of benzene rings is 1. The fraction of sp³-hybridized carbons (Fsp3) is 0.605. The molecule has 5 fully saturated rings. The average Bonchev–Trinajstić information content (AvgIpc) is 3.05. The van der Waals surface area contributed by atoms with E-state index in [2.05, 4.69) is 6.08 Å². The molecule has 0 amide bonds. The van der Waals surface area contributed by atoms with Crippen LogP contribution in [0.25, 0.3) is 0 Å². The van der Waals surface area contributed by atoms with Gasteiger partial charge in [-0.15, -0.1) is 0 Å². The number of phenolic OH excluding ortho intramolecular Hbond substituents is 2. The van der Waals surface area contributed by atoms with E-state index < -0.39 is 61.8 Å². The maximum atomic E-state index is 15.4. The maximum absolute atomic E-state index is 15.4. The lowest BCUT2D eigenvalue weighted by molar-refractivity contribution is -0.255. The van der Waals surface area contributed by atoms with Gasteiger partial charge in [0.05, 0.1) is 16.4 Å². The van der Waals surface area contributed by atoms with Gasteiger partial charge in [0.1, 0.15) is 11.0 Å². The van der Waals surface area contributed by atoms with E-state index >= 15 is 14.4 Å². The summed E-state index contributed by atoms with van der Waals surface area (Å²) in [5.74, 6) is -3.31. The topological polar surface area (TPSA) is 132 Å². The summed E-state index contributed by atoms with van der Waals surface area (Å²) in [6.07, 6.45) is 7.38. The number of aromatic hydroxyl groups is 2. The Kier molecular flexibility index (Phi) is 7.78. The van der Waals surface area contributed by atoms with Crippen LogP contribution < -0.4 is 0 Å². The molecule has 8 atom stereocenters. The molecule has 7 nitrogen and oxygen atoms in total. The molecule has 45 heavy (non-hydrogen) atoms. The third kappa shape index (κ3) is 4.25. The molecular weight excluding hydrogens is 568 g/mol. The number of aliphatic hydroxyl groups is 2. The molecule has 0 heterocycles. The van der Waals surface area contributed by atoms with Crippen LogP contribution in [-0.2, 0) is 9.59 Å². The molecular formula is C38H50O7. The van der Waals surface area contributed by atoms with E-state index in [1.54, 1.807) is 6.92 Å². The summed E-state index contributed by atoms with van der Waals surface area (Å²) in [4.78, 5) is 45.9. The highest BCUT2D eigenvalue weighted by atomic mass is 16.3. The Morgan fingerprint density at radius 2 is 1.36 bits per heavy atom. The Morgan fingerprint density at radius 3 is 1.91 bits per heavy atom. The number of carbonyl (C=O) groups excluding carboxylic acids is 3. The van der Waals surface area contributed by atoms with Crippen LogP contribution in [0.4, 0.5) is 0 Å². The third-order valence-corrected chi connectivity index (χ3v) is 12.2. The van der Waals surface area contributed by atoms with Gasteiger partial charge in [0.15, 0.2) is 28.8 Å². The number of ketones is 3. The van der Waals surface area contributed by atoms with Gasteiger partial charge in [-0.2, -0.15) is 0 Å². The van der Waals surface area contributed by atoms with Crippen molar-refractivity contribution >= 4 is 17.3 Å². The number of carbonyl (C=O) groups is 3. The molecule has 0 saturated heterocycles.